The molecule has 2 atom stereocenters. The highest BCUT2D eigenvalue weighted by Gasteiger charge is 2.39. The van der Waals surface area contributed by atoms with Gasteiger partial charge in [-0.05, 0) is 37.5 Å². The SMILES string of the molecule is CC(C)NC1(CO)CCC(Sc2cc(F)ccc2F)C1. The number of aliphatic hydroxyl groups is 1. The number of aliphatic hydroxyl groups excluding tert-OH is 1. The van der Waals surface area contributed by atoms with Crippen LogP contribution in [0.5, 0.6) is 0 Å². The van der Waals surface area contributed by atoms with Crippen LogP contribution in [0.4, 0.5) is 8.78 Å². The minimum atomic E-state index is -0.416. The highest BCUT2D eigenvalue weighted by molar-refractivity contribution is 8.00. The average Bonchev–Trinajstić information content (AvgIpc) is 2.77. The molecule has 0 aliphatic heterocycles. The largest absolute Gasteiger partial charge is 0.394 e. The maximum absolute atomic E-state index is 13.7. The van der Waals surface area contributed by atoms with Crippen LogP contribution in [0.3, 0.4) is 0 Å². The first-order valence-electron chi connectivity index (χ1n) is 6.94. The Kier molecular flexibility index (Phi) is 5.04. The molecule has 2 nitrogen and oxygen atoms in total. The zero-order valence-electron chi connectivity index (χ0n) is 11.8. The molecular weight excluding hydrogens is 280 g/mol. The Balaban J connectivity index is 2.04. The fourth-order valence-corrected chi connectivity index (χ4v) is 4.22. The van der Waals surface area contributed by atoms with Crippen molar-refractivity contribution >= 4 is 11.8 Å². The summed E-state index contributed by atoms with van der Waals surface area (Å²) in [6, 6.07) is 3.83. The van der Waals surface area contributed by atoms with Gasteiger partial charge in [0.2, 0.25) is 0 Å². The first kappa shape index (κ1) is 15.7. The second kappa shape index (κ2) is 6.41. The summed E-state index contributed by atoms with van der Waals surface area (Å²) >= 11 is 1.37. The predicted octanol–water partition coefficient (Wildman–Crippen LogP) is 3.34. The summed E-state index contributed by atoms with van der Waals surface area (Å²) < 4.78 is 26.8. The third-order valence-electron chi connectivity index (χ3n) is 3.65. The Labute approximate surface area is 123 Å². The van der Waals surface area contributed by atoms with Crippen molar-refractivity contribution in [1.29, 1.82) is 0 Å². The molecule has 112 valence electrons. The Morgan fingerprint density at radius 2 is 2.20 bits per heavy atom. The van der Waals surface area contributed by atoms with Gasteiger partial charge in [-0.25, -0.2) is 8.78 Å². The molecule has 20 heavy (non-hydrogen) atoms. The fraction of sp³-hybridized carbons (Fsp3) is 0.600. The van der Waals surface area contributed by atoms with E-state index in [1.807, 2.05) is 13.8 Å². The van der Waals surface area contributed by atoms with E-state index in [1.165, 1.54) is 17.8 Å². The minimum Gasteiger partial charge on any atom is -0.394 e. The summed E-state index contributed by atoms with van der Waals surface area (Å²) in [5.74, 6) is -0.796. The van der Waals surface area contributed by atoms with Gasteiger partial charge < -0.3 is 10.4 Å². The van der Waals surface area contributed by atoms with Gasteiger partial charge in [0.05, 0.1) is 6.61 Å². The zero-order chi connectivity index (χ0) is 14.8. The molecule has 1 aromatic rings. The summed E-state index contributed by atoms with van der Waals surface area (Å²) in [7, 11) is 0. The predicted molar refractivity (Wildman–Crippen MR) is 77.9 cm³/mol. The van der Waals surface area contributed by atoms with Crippen molar-refractivity contribution < 1.29 is 13.9 Å². The van der Waals surface area contributed by atoms with Crippen LogP contribution in [0.2, 0.25) is 0 Å². The molecule has 1 saturated carbocycles. The number of nitrogens with one attached hydrogen (secondary N) is 1. The molecule has 2 rings (SSSR count). The summed E-state index contributed by atoms with van der Waals surface area (Å²) in [6.07, 6.45) is 2.51. The number of hydrogen-bond acceptors (Lipinski definition) is 3. The molecule has 1 aromatic carbocycles. The number of rotatable bonds is 5. The molecule has 1 aliphatic carbocycles. The van der Waals surface area contributed by atoms with Gasteiger partial charge >= 0.3 is 0 Å². The van der Waals surface area contributed by atoms with Crippen LogP contribution in [-0.2, 0) is 0 Å². The molecule has 0 bridgehead atoms. The van der Waals surface area contributed by atoms with Crippen molar-refractivity contribution in [3.8, 4) is 0 Å². The molecule has 5 heteroatoms. The summed E-state index contributed by atoms with van der Waals surface area (Å²) in [6.45, 7) is 4.17. The van der Waals surface area contributed by atoms with Gasteiger partial charge in [0.15, 0.2) is 0 Å². The van der Waals surface area contributed by atoms with E-state index in [9.17, 15) is 13.9 Å². The van der Waals surface area contributed by atoms with Gasteiger partial charge in [0.25, 0.3) is 0 Å². The van der Waals surface area contributed by atoms with Crippen LogP contribution >= 0.6 is 11.8 Å². The molecule has 1 fully saturated rings. The van der Waals surface area contributed by atoms with Crippen molar-refractivity contribution in [3.05, 3.63) is 29.8 Å². The van der Waals surface area contributed by atoms with E-state index in [2.05, 4.69) is 5.32 Å². The standard InChI is InChI=1S/C15H21F2NOS/c1-10(2)18-15(9-19)6-5-12(8-15)20-14-7-11(16)3-4-13(14)17/h3-4,7,10,12,18-19H,5-6,8-9H2,1-2H3. The van der Waals surface area contributed by atoms with Gasteiger partial charge in [-0.1, -0.05) is 13.8 Å². The Morgan fingerprint density at radius 3 is 2.85 bits per heavy atom. The molecule has 0 radical (unpaired) electrons. The third-order valence-corrected chi connectivity index (χ3v) is 4.95. The molecule has 0 spiro atoms. The monoisotopic (exact) mass is 301 g/mol. The number of benzene rings is 1. The second-order valence-corrected chi connectivity index (χ2v) is 7.14. The summed E-state index contributed by atoms with van der Waals surface area (Å²) in [5, 5.41) is 13.3. The van der Waals surface area contributed by atoms with Crippen LogP contribution in [0.1, 0.15) is 33.1 Å². The molecule has 0 amide bonds. The van der Waals surface area contributed by atoms with Crippen molar-refractivity contribution in [3.63, 3.8) is 0 Å². The lowest BCUT2D eigenvalue weighted by Gasteiger charge is -2.31. The van der Waals surface area contributed by atoms with E-state index in [0.29, 0.717) is 4.90 Å². The maximum atomic E-state index is 13.7. The van der Waals surface area contributed by atoms with Gasteiger partial charge in [0.1, 0.15) is 11.6 Å². The summed E-state index contributed by atoms with van der Waals surface area (Å²) in [4.78, 5) is 0.355. The molecule has 0 aromatic heterocycles. The van der Waals surface area contributed by atoms with Crippen LogP contribution in [-0.4, -0.2) is 28.5 Å². The normalized spacial score (nSPS) is 26.4. The maximum Gasteiger partial charge on any atom is 0.136 e. The molecule has 1 aliphatic rings. The molecule has 0 heterocycles. The first-order valence-corrected chi connectivity index (χ1v) is 7.82. The number of thioether (sulfide) groups is 1. The van der Waals surface area contributed by atoms with E-state index in [1.54, 1.807) is 0 Å². The van der Waals surface area contributed by atoms with Crippen LogP contribution in [0.15, 0.2) is 23.1 Å². The van der Waals surface area contributed by atoms with E-state index >= 15 is 0 Å². The Morgan fingerprint density at radius 1 is 1.45 bits per heavy atom. The van der Waals surface area contributed by atoms with Crippen LogP contribution in [0.25, 0.3) is 0 Å². The van der Waals surface area contributed by atoms with Crippen molar-refractivity contribution in [2.24, 2.45) is 0 Å². The van der Waals surface area contributed by atoms with Crippen molar-refractivity contribution in [1.82, 2.24) is 5.32 Å². The third kappa shape index (κ3) is 3.71. The first-order chi connectivity index (χ1) is 9.44. The van der Waals surface area contributed by atoms with Gasteiger partial charge in [-0.2, -0.15) is 0 Å². The van der Waals surface area contributed by atoms with E-state index in [4.69, 9.17) is 0 Å². The van der Waals surface area contributed by atoms with E-state index < -0.39 is 5.82 Å². The highest BCUT2D eigenvalue weighted by Crippen LogP contribution is 2.41. The zero-order valence-corrected chi connectivity index (χ0v) is 12.6. The molecule has 0 saturated heterocycles. The quantitative estimate of drug-likeness (QED) is 0.875. The second-order valence-electron chi connectivity index (χ2n) is 5.79. The lowest BCUT2D eigenvalue weighted by atomic mass is 9.98. The number of hydrogen-bond donors (Lipinski definition) is 2. The molecule has 2 unspecified atom stereocenters. The highest BCUT2D eigenvalue weighted by atomic mass is 32.2. The lowest BCUT2D eigenvalue weighted by molar-refractivity contribution is 0.156. The van der Waals surface area contributed by atoms with Gasteiger partial charge in [0, 0.05) is 21.7 Å². The topological polar surface area (TPSA) is 32.3 Å². The average molecular weight is 301 g/mol. The lowest BCUT2D eigenvalue weighted by Crippen LogP contribution is -2.49. The van der Waals surface area contributed by atoms with Gasteiger partial charge in [-0.15, -0.1) is 11.8 Å². The fourth-order valence-electron chi connectivity index (χ4n) is 2.86. The molecule has 2 N–H and O–H groups in total. The van der Waals surface area contributed by atoms with E-state index in [-0.39, 0.29) is 29.3 Å². The minimum absolute atomic E-state index is 0.0773. The number of halogens is 2. The van der Waals surface area contributed by atoms with Crippen LogP contribution in [0, 0.1) is 11.6 Å². The Bertz CT molecular complexity index is 469. The van der Waals surface area contributed by atoms with E-state index in [0.717, 1.165) is 31.4 Å². The summed E-state index contributed by atoms with van der Waals surface area (Å²) in [5.41, 5.74) is -0.282. The van der Waals surface area contributed by atoms with Crippen molar-refractivity contribution in [2.45, 2.75) is 54.8 Å². The van der Waals surface area contributed by atoms with Crippen LogP contribution < -0.4 is 5.32 Å². The van der Waals surface area contributed by atoms with Crippen molar-refractivity contribution in [2.75, 3.05) is 6.61 Å². The van der Waals surface area contributed by atoms with Gasteiger partial charge in [-0.3, -0.25) is 0 Å². The smallest absolute Gasteiger partial charge is 0.136 e. The molecular formula is C15H21F2NOS. The Hall–Kier alpha value is -0.650.